The number of halogens is 1. The molecular formula is C21H19BrN2O4. The van der Waals surface area contributed by atoms with Crippen LogP contribution in [0.2, 0.25) is 0 Å². The van der Waals surface area contributed by atoms with Crippen molar-refractivity contribution in [3.05, 3.63) is 70.7 Å². The first-order chi connectivity index (χ1) is 13.6. The molecule has 0 radical (unpaired) electrons. The maximum Gasteiger partial charge on any atom is 0.276 e. The molecule has 0 aliphatic carbocycles. The van der Waals surface area contributed by atoms with E-state index in [2.05, 4.69) is 26.8 Å². The van der Waals surface area contributed by atoms with E-state index in [0.717, 1.165) is 15.2 Å². The van der Waals surface area contributed by atoms with Crippen LogP contribution in [0.25, 0.3) is 10.8 Å². The van der Waals surface area contributed by atoms with Gasteiger partial charge in [0, 0.05) is 5.56 Å². The lowest BCUT2D eigenvalue weighted by Gasteiger charge is -2.11. The van der Waals surface area contributed by atoms with Crippen LogP contribution in [0.3, 0.4) is 0 Å². The Morgan fingerprint density at radius 3 is 2.61 bits per heavy atom. The minimum atomic E-state index is -0.477. The molecule has 0 atom stereocenters. The van der Waals surface area contributed by atoms with Crippen molar-refractivity contribution in [1.82, 2.24) is 10.9 Å². The van der Waals surface area contributed by atoms with E-state index < -0.39 is 11.8 Å². The van der Waals surface area contributed by atoms with E-state index in [1.54, 1.807) is 30.3 Å². The van der Waals surface area contributed by atoms with Crippen LogP contribution in [0, 0.1) is 0 Å². The number of hydrazine groups is 1. The van der Waals surface area contributed by atoms with Crippen molar-refractivity contribution in [3.63, 3.8) is 0 Å². The van der Waals surface area contributed by atoms with Crippen LogP contribution < -0.4 is 20.3 Å². The summed E-state index contributed by atoms with van der Waals surface area (Å²) in [5.41, 5.74) is 5.08. The summed E-state index contributed by atoms with van der Waals surface area (Å²) in [6.07, 6.45) is 0. The molecule has 0 heterocycles. The summed E-state index contributed by atoms with van der Waals surface area (Å²) in [4.78, 5) is 24.2. The number of hydrogen-bond donors (Lipinski definition) is 2. The van der Waals surface area contributed by atoms with Gasteiger partial charge in [-0.05, 0) is 57.9 Å². The molecule has 0 fully saturated rings. The fourth-order valence-corrected chi connectivity index (χ4v) is 3.20. The van der Waals surface area contributed by atoms with Gasteiger partial charge >= 0.3 is 0 Å². The van der Waals surface area contributed by atoms with Gasteiger partial charge in [0.1, 0.15) is 11.5 Å². The van der Waals surface area contributed by atoms with Crippen molar-refractivity contribution in [2.45, 2.75) is 6.92 Å². The van der Waals surface area contributed by atoms with Crippen LogP contribution in [0.4, 0.5) is 0 Å². The van der Waals surface area contributed by atoms with Crippen molar-refractivity contribution in [2.24, 2.45) is 0 Å². The average Bonchev–Trinajstić information content (AvgIpc) is 2.72. The SMILES string of the molecule is CCOc1cccc(C(=O)NNC(=O)COc2ccc3ccccc3c2Br)c1. The second kappa shape index (κ2) is 9.23. The molecule has 28 heavy (non-hydrogen) atoms. The number of benzene rings is 3. The summed E-state index contributed by atoms with van der Waals surface area (Å²) in [7, 11) is 0. The first kappa shape index (κ1) is 19.7. The minimum absolute atomic E-state index is 0.240. The Bertz CT molecular complexity index is 1010. The third-order valence-corrected chi connectivity index (χ3v) is 4.73. The maximum absolute atomic E-state index is 12.2. The lowest BCUT2D eigenvalue weighted by Crippen LogP contribution is -2.43. The van der Waals surface area contributed by atoms with E-state index in [9.17, 15) is 9.59 Å². The molecule has 0 saturated heterocycles. The van der Waals surface area contributed by atoms with Gasteiger partial charge in [-0.25, -0.2) is 0 Å². The normalized spacial score (nSPS) is 10.4. The van der Waals surface area contributed by atoms with Crippen molar-refractivity contribution in [2.75, 3.05) is 13.2 Å². The number of fused-ring (bicyclic) bond motifs is 1. The number of ether oxygens (including phenoxy) is 2. The third kappa shape index (κ3) is 4.80. The van der Waals surface area contributed by atoms with Gasteiger partial charge in [0.05, 0.1) is 11.1 Å². The molecule has 0 bridgehead atoms. The summed E-state index contributed by atoms with van der Waals surface area (Å²) in [6.45, 7) is 2.13. The van der Waals surface area contributed by atoms with Crippen LogP contribution in [0.15, 0.2) is 65.1 Å². The van der Waals surface area contributed by atoms with E-state index in [4.69, 9.17) is 9.47 Å². The molecular weight excluding hydrogens is 424 g/mol. The highest BCUT2D eigenvalue weighted by atomic mass is 79.9. The predicted molar refractivity (Wildman–Crippen MR) is 110 cm³/mol. The largest absolute Gasteiger partial charge is 0.494 e. The quantitative estimate of drug-likeness (QED) is 0.568. The zero-order valence-electron chi connectivity index (χ0n) is 15.2. The second-order valence-electron chi connectivity index (χ2n) is 5.85. The molecule has 7 heteroatoms. The molecule has 6 nitrogen and oxygen atoms in total. The Morgan fingerprint density at radius 1 is 0.964 bits per heavy atom. The Morgan fingerprint density at radius 2 is 1.79 bits per heavy atom. The summed E-state index contributed by atoms with van der Waals surface area (Å²) >= 11 is 3.51. The Kier molecular flexibility index (Phi) is 6.49. The highest BCUT2D eigenvalue weighted by molar-refractivity contribution is 9.10. The standard InChI is InChI=1S/C21H19BrN2O4/c1-2-27-16-8-5-7-15(12-16)21(26)24-23-19(25)13-28-18-11-10-14-6-3-4-9-17(14)20(18)22/h3-12H,2,13H2,1H3,(H,23,25)(H,24,26). The van der Waals surface area contributed by atoms with Crippen LogP contribution in [-0.2, 0) is 4.79 Å². The van der Waals surface area contributed by atoms with Gasteiger partial charge in [-0.15, -0.1) is 0 Å². The molecule has 0 aliphatic rings. The Balaban J connectivity index is 1.54. The first-order valence-electron chi connectivity index (χ1n) is 8.70. The van der Waals surface area contributed by atoms with E-state index >= 15 is 0 Å². The molecule has 0 saturated carbocycles. The highest BCUT2D eigenvalue weighted by Gasteiger charge is 2.11. The molecule has 2 N–H and O–H groups in total. The van der Waals surface area contributed by atoms with Crippen molar-refractivity contribution < 1.29 is 19.1 Å². The second-order valence-corrected chi connectivity index (χ2v) is 6.64. The monoisotopic (exact) mass is 442 g/mol. The van der Waals surface area contributed by atoms with Gasteiger partial charge in [0.15, 0.2) is 6.61 Å². The summed E-state index contributed by atoms with van der Waals surface area (Å²) in [5, 5.41) is 2.05. The zero-order valence-corrected chi connectivity index (χ0v) is 16.8. The van der Waals surface area contributed by atoms with Gasteiger partial charge in [0.25, 0.3) is 11.8 Å². The van der Waals surface area contributed by atoms with Crippen LogP contribution in [-0.4, -0.2) is 25.0 Å². The molecule has 0 spiro atoms. The summed E-state index contributed by atoms with van der Waals surface area (Å²) < 4.78 is 11.7. The van der Waals surface area contributed by atoms with Crippen LogP contribution in [0.5, 0.6) is 11.5 Å². The van der Waals surface area contributed by atoms with Crippen molar-refractivity contribution in [1.29, 1.82) is 0 Å². The Labute approximate surface area is 170 Å². The van der Waals surface area contributed by atoms with Gasteiger partial charge in [0.2, 0.25) is 0 Å². The Hall–Kier alpha value is -3.06. The number of hydrogen-bond acceptors (Lipinski definition) is 4. The summed E-state index contributed by atoms with van der Waals surface area (Å²) in [6, 6.07) is 18.2. The topological polar surface area (TPSA) is 76.7 Å². The van der Waals surface area contributed by atoms with Crippen LogP contribution >= 0.6 is 15.9 Å². The number of rotatable bonds is 6. The van der Waals surface area contributed by atoms with Crippen molar-refractivity contribution in [3.8, 4) is 11.5 Å². The fourth-order valence-electron chi connectivity index (χ4n) is 2.60. The number of amides is 2. The average molecular weight is 443 g/mol. The molecule has 2 amide bonds. The van der Waals surface area contributed by atoms with Gasteiger partial charge in [-0.3, -0.25) is 20.4 Å². The smallest absolute Gasteiger partial charge is 0.276 e. The maximum atomic E-state index is 12.2. The fraction of sp³-hybridized carbons (Fsp3) is 0.143. The van der Waals surface area contributed by atoms with E-state index in [-0.39, 0.29) is 6.61 Å². The van der Waals surface area contributed by atoms with Gasteiger partial charge in [-0.1, -0.05) is 36.4 Å². The third-order valence-electron chi connectivity index (χ3n) is 3.91. The first-order valence-corrected chi connectivity index (χ1v) is 9.50. The lowest BCUT2D eigenvalue weighted by atomic mass is 10.1. The molecule has 3 aromatic carbocycles. The molecule has 144 valence electrons. The van der Waals surface area contributed by atoms with Gasteiger partial charge < -0.3 is 9.47 Å². The number of carbonyl (C=O) groups excluding carboxylic acids is 2. The highest BCUT2D eigenvalue weighted by Crippen LogP contribution is 2.32. The zero-order chi connectivity index (χ0) is 19.9. The van der Waals surface area contributed by atoms with Crippen LogP contribution in [0.1, 0.15) is 17.3 Å². The van der Waals surface area contributed by atoms with E-state index in [0.29, 0.717) is 23.7 Å². The molecule has 0 aromatic heterocycles. The van der Waals surface area contributed by atoms with Gasteiger partial charge in [-0.2, -0.15) is 0 Å². The number of nitrogens with one attached hydrogen (secondary N) is 2. The number of carbonyl (C=O) groups is 2. The molecule has 0 unspecified atom stereocenters. The lowest BCUT2D eigenvalue weighted by molar-refractivity contribution is -0.123. The summed E-state index contributed by atoms with van der Waals surface area (Å²) in [5.74, 6) is 0.215. The molecule has 0 aliphatic heterocycles. The molecule has 3 aromatic rings. The molecule has 3 rings (SSSR count). The van der Waals surface area contributed by atoms with E-state index in [1.165, 1.54) is 0 Å². The van der Waals surface area contributed by atoms with Crippen molar-refractivity contribution >= 4 is 38.5 Å². The minimum Gasteiger partial charge on any atom is -0.494 e. The van der Waals surface area contributed by atoms with E-state index in [1.807, 2.05) is 37.3 Å². The predicted octanol–water partition coefficient (Wildman–Crippen LogP) is 3.84.